The first-order chi connectivity index (χ1) is 5.57. The molecule has 0 amide bonds. The van der Waals surface area contributed by atoms with E-state index in [1.165, 1.54) is 25.5 Å². The maximum atomic E-state index is 3.78. The third kappa shape index (κ3) is 5.29. The van der Waals surface area contributed by atoms with Crippen molar-refractivity contribution in [3.63, 3.8) is 0 Å². The van der Waals surface area contributed by atoms with Gasteiger partial charge in [-0.1, -0.05) is 35.7 Å². The van der Waals surface area contributed by atoms with Gasteiger partial charge in [-0.3, -0.25) is 0 Å². The van der Waals surface area contributed by atoms with Crippen LogP contribution in [0.2, 0.25) is 18.5 Å². The van der Waals surface area contributed by atoms with Crippen molar-refractivity contribution in [1.29, 1.82) is 0 Å². The van der Waals surface area contributed by atoms with E-state index in [2.05, 4.69) is 35.2 Å². The van der Waals surface area contributed by atoms with Gasteiger partial charge in [0.2, 0.25) is 0 Å². The zero-order valence-corrected chi connectivity index (χ0v) is 8.98. The summed E-state index contributed by atoms with van der Waals surface area (Å²) >= 11 is 0. The average Bonchev–Trinajstić information content (AvgIpc) is 2.03. The van der Waals surface area contributed by atoms with E-state index in [0.717, 1.165) is 0 Å². The Morgan fingerprint density at radius 3 is 2.50 bits per heavy atom. The second kappa shape index (κ2) is 6.16. The first-order valence-electron chi connectivity index (χ1n) is 4.83. The Morgan fingerprint density at radius 1 is 1.50 bits per heavy atom. The zero-order chi connectivity index (χ0) is 9.56. The monoisotopic (exact) mass is 162 g/mol. The van der Waals surface area contributed by atoms with Crippen LogP contribution in [-0.2, 0) is 0 Å². The van der Waals surface area contributed by atoms with Gasteiger partial charge in [-0.15, -0.1) is 6.58 Å². The molecule has 0 aliphatic carbocycles. The molecule has 0 aromatic carbocycles. The highest BCUT2D eigenvalue weighted by Crippen LogP contribution is 2.12. The fourth-order valence-corrected chi connectivity index (χ4v) is 1.06. The lowest BCUT2D eigenvalue weighted by Gasteiger charge is -2.05. The molecule has 0 fully saturated rings. The van der Waals surface area contributed by atoms with Gasteiger partial charge in [-0.05, 0) is 20.8 Å². The predicted octanol–water partition coefficient (Wildman–Crippen LogP) is 2.22. The molecule has 0 aromatic rings. The lowest BCUT2D eigenvalue weighted by atomic mass is 9.60. The zero-order valence-electron chi connectivity index (χ0n) is 8.98. The van der Waals surface area contributed by atoms with Gasteiger partial charge in [-0.25, -0.2) is 0 Å². The molecule has 0 rings (SSSR count). The number of allylic oxidation sites excluding steroid dienone is 3. The van der Waals surface area contributed by atoms with Crippen molar-refractivity contribution in [2.75, 3.05) is 0 Å². The molecule has 2 heteroatoms. The van der Waals surface area contributed by atoms with Gasteiger partial charge < -0.3 is 0 Å². The van der Waals surface area contributed by atoms with Crippen LogP contribution in [0.5, 0.6) is 0 Å². The highest BCUT2D eigenvalue weighted by molar-refractivity contribution is 6.38. The lowest BCUT2D eigenvalue weighted by molar-refractivity contribution is 1.16. The van der Waals surface area contributed by atoms with Crippen molar-refractivity contribution in [3.8, 4) is 0 Å². The second-order valence-electron chi connectivity index (χ2n) is 3.89. The standard InChI is InChI=1S/C10H20B2/c1-5-10(11)7-12-6-9(4)8(2)3/h5,10,12H,1,6-7,11H2,2-4H3/t10-/m0/s1. The van der Waals surface area contributed by atoms with Crippen LogP contribution >= 0.6 is 0 Å². The Morgan fingerprint density at radius 2 is 2.08 bits per heavy atom. The van der Waals surface area contributed by atoms with Crippen molar-refractivity contribution < 1.29 is 0 Å². The molecule has 0 heterocycles. The molecule has 0 saturated carbocycles. The van der Waals surface area contributed by atoms with E-state index in [0.29, 0.717) is 5.82 Å². The van der Waals surface area contributed by atoms with Crippen LogP contribution < -0.4 is 0 Å². The molecular formula is C10H20B2. The average molecular weight is 162 g/mol. The van der Waals surface area contributed by atoms with Gasteiger partial charge >= 0.3 is 0 Å². The minimum Gasteiger partial charge on any atom is -0.104 e. The smallest absolute Gasteiger partial charge is 0.104 e. The fraction of sp³-hybridized carbons (Fsp3) is 0.600. The summed E-state index contributed by atoms with van der Waals surface area (Å²) in [5.41, 5.74) is 3.02. The summed E-state index contributed by atoms with van der Waals surface area (Å²) in [6.07, 6.45) is 4.56. The fourth-order valence-electron chi connectivity index (χ4n) is 1.06. The lowest BCUT2D eigenvalue weighted by Crippen LogP contribution is -1.96. The molecular weight excluding hydrogens is 142 g/mol. The van der Waals surface area contributed by atoms with Gasteiger partial charge in [0.15, 0.2) is 0 Å². The van der Waals surface area contributed by atoms with Crippen molar-refractivity contribution in [2.24, 2.45) is 0 Å². The van der Waals surface area contributed by atoms with Crippen LogP contribution in [0.25, 0.3) is 0 Å². The van der Waals surface area contributed by atoms with Crippen LogP contribution in [0, 0.1) is 0 Å². The molecule has 0 saturated heterocycles. The maximum Gasteiger partial charge on any atom is 0.125 e. The van der Waals surface area contributed by atoms with Crippen LogP contribution in [0.4, 0.5) is 0 Å². The second-order valence-corrected chi connectivity index (χ2v) is 3.89. The third-order valence-corrected chi connectivity index (χ3v) is 2.47. The topological polar surface area (TPSA) is 0 Å². The van der Waals surface area contributed by atoms with Crippen molar-refractivity contribution >= 4 is 15.1 Å². The summed E-state index contributed by atoms with van der Waals surface area (Å²) in [5, 5.41) is 0. The SMILES string of the molecule is B[C@@H](C=C)CBCC(C)=C(C)C. The highest BCUT2D eigenvalue weighted by atomic mass is 13.9. The molecule has 1 atom stereocenters. The van der Waals surface area contributed by atoms with Crippen LogP contribution in [0.15, 0.2) is 23.8 Å². The number of hydrogen-bond donors (Lipinski definition) is 0. The first-order valence-corrected chi connectivity index (χ1v) is 4.83. The van der Waals surface area contributed by atoms with Gasteiger partial charge in [0.1, 0.15) is 15.1 Å². The third-order valence-electron chi connectivity index (χ3n) is 2.47. The van der Waals surface area contributed by atoms with Gasteiger partial charge in [-0.2, -0.15) is 0 Å². The molecule has 0 radical (unpaired) electrons. The molecule has 0 aliphatic rings. The maximum absolute atomic E-state index is 3.78. The predicted molar refractivity (Wildman–Crippen MR) is 63.3 cm³/mol. The van der Waals surface area contributed by atoms with E-state index in [-0.39, 0.29) is 0 Å². The molecule has 0 nitrogen and oxygen atoms in total. The molecule has 66 valence electrons. The van der Waals surface area contributed by atoms with Crippen LogP contribution in [0.3, 0.4) is 0 Å². The summed E-state index contributed by atoms with van der Waals surface area (Å²) in [4.78, 5) is 0. The van der Waals surface area contributed by atoms with E-state index in [9.17, 15) is 0 Å². The quantitative estimate of drug-likeness (QED) is 0.429. The molecule has 12 heavy (non-hydrogen) atoms. The van der Waals surface area contributed by atoms with Crippen molar-refractivity contribution in [1.82, 2.24) is 0 Å². The molecule has 0 spiro atoms. The van der Waals surface area contributed by atoms with E-state index in [1.54, 1.807) is 5.57 Å². The largest absolute Gasteiger partial charge is 0.125 e. The Balaban J connectivity index is 3.57. The highest BCUT2D eigenvalue weighted by Gasteiger charge is 1.99. The minimum absolute atomic E-state index is 0.676. The summed E-state index contributed by atoms with van der Waals surface area (Å²) in [6.45, 7) is 10.4. The molecule has 0 aromatic heterocycles. The van der Waals surface area contributed by atoms with E-state index in [4.69, 9.17) is 0 Å². The molecule has 0 bridgehead atoms. The first kappa shape index (κ1) is 11.6. The molecule has 0 aliphatic heterocycles. The summed E-state index contributed by atoms with van der Waals surface area (Å²) in [6, 6.07) is 0. The Labute approximate surface area is 78.8 Å². The minimum atomic E-state index is 0.676. The van der Waals surface area contributed by atoms with E-state index in [1.807, 2.05) is 6.08 Å². The van der Waals surface area contributed by atoms with Gasteiger partial charge in [0.25, 0.3) is 0 Å². The summed E-state index contributed by atoms with van der Waals surface area (Å²) in [7, 11) is 3.52. The van der Waals surface area contributed by atoms with Crippen LogP contribution in [0.1, 0.15) is 20.8 Å². The normalized spacial score (nSPS) is 11.9. The Hall–Kier alpha value is -0.390. The summed E-state index contributed by atoms with van der Waals surface area (Å²) < 4.78 is 0. The molecule has 0 N–H and O–H groups in total. The number of rotatable bonds is 5. The Bertz CT molecular complexity index is 167. The van der Waals surface area contributed by atoms with Crippen LogP contribution in [-0.4, -0.2) is 15.1 Å². The Kier molecular flexibility index (Phi) is 5.96. The van der Waals surface area contributed by atoms with Crippen molar-refractivity contribution in [2.45, 2.75) is 39.2 Å². The summed E-state index contributed by atoms with van der Waals surface area (Å²) in [5.74, 6) is 0.676. The molecule has 0 unspecified atom stereocenters. The van der Waals surface area contributed by atoms with E-state index >= 15 is 0 Å². The van der Waals surface area contributed by atoms with Crippen molar-refractivity contribution in [3.05, 3.63) is 23.8 Å². The van der Waals surface area contributed by atoms with Gasteiger partial charge in [0, 0.05) is 0 Å². The van der Waals surface area contributed by atoms with E-state index < -0.39 is 0 Å². The number of hydrogen-bond acceptors (Lipinski definition) is 0. The van der Waals surface area contributed by atoms with Gasteiger partial charge in [0.05, 0.1) is 0 Å².